The first-order chi connectivity index (χ1) is 14.9. The third kappa shape index (κ3) is 10.0. The van der Waals surface area contributed by atoms with Gasteiger partial charge in [0, 0.05) is 72.0 Å². The molecule has 1 aliphatic rings. The lowest BCUT2D eigenvalue weighted by atomic mass is 10.1. The minimum absolute atomic E-state index is 0. The number of amides is 1. The van der Waals surface area contributed by atoms with Crippen LogP contribution in [0.3, 0.4) is 0 Å². The van der Waals surface area contributed by atoms with E-state index in [1.54, 1.807) is 19.0 Å². The summed E-state index contributed by atoms with van der Waals surface area (Å²) in [4.78, 5) is 23.7. The van der Waals surface area contributed by atoms with Crippen LogP contribution in [-0.2, 0) is 6.42 Å². The molecule has 0 aliphatic carbocycles. The number of carbonyl (C=O) groups is 1. The van der Waals surface area contributed by atoms with Gasteiger partial charge in [0.25, 0.3) is 5.91 Å². The highest BCUT2D eigenvalue weighted by atomic mass is 127. The van der Waals surface area contributed by atoms with Gasteiger partial charge in [-0.15, -0.1) is 24.0 Å². The Morgan fingerprint density at radius 2 is 1.81 bits per heavy atom. The second kappa shape index (κ2) is 15.4. The Morgan fingerprint density at radius 3 is 2.44 bits per heavy atom. The van der Waals surface area contributed by atoms with Gasteiger partial charge >= 0.3 is 0 Å². The van der Waals surface area contributed by atoms with E-state index in [4.69, 9.17) is 4.99 Å². The van der Waals surface area contributed by atoms with Gasteiger partial charge in [-0.05, 0) is 43.5 Å². The fourth-order valence-electron chi connectivity index (χ4n) is 3.82. The lowest BCUT2D eigenvalue weighted by Gasteiger charge is -2.35. The zero-order chi connectivity index (χ0) is 22.6. The molecule has 1 unspecified atom stereocenters. The predicted molar refractivity (Wildman–Crippen MR) is 145 cm³/mol. The van der Waals surface area contributed by atoms with Gasteiger partial charge in [0.15, 0.2) is 5.96 Å². The van der Waals surface area contributed by atoms with Crippen LogP contribution in [0, 0.1) is 5.92 Å². The fraction of sp³-hybridized carbons (Fsp3) is 0.667. The van der Waals surface area contributed by atoms with Crippen LogP contribution >= 0.6 is 24.0 Å². The highest BCUT2D eigenvalue weighted by Gasteiger charge is 2.17. The van der Waals surface area contributed by atoms with Crippen molar-refractivity contribution in [2.24, 2.45) is 10.9 Å². The summed E-state index contributed by atoms with van der Waals surface area (Å²) >= 11 is 0. The molecule has 32 heavy (non-hydrogen) atoms. The minimum atomic E-state index is 0. The van der Waals surface area contributed by atoms with Crippen LogP contribution < -0.4 is 10.6 Å². The number of nitrogens with one attached hydrogen (secondary N) is 2. The third-order valence-corrected chi connectivity index (χ3v) is 5.67. The molecule has 1 aromatic rings. The Kier molecular flexibility index (Phi) is 13.8. The highest BCUT2D eigenvalue weighted by molar-refractivity contribution is 14.0. The molecule has 2 N–H and O–H groups in total. The minimum Gasteiger partial charge on any atom is -0.357 e. The molecule has 1 heterocycles. The number of rotatable bonds is 10. The normalized spacial score (nSPS) is 16.2. The smallest absolute Gasteiger partial charge is 0.253 e. The standard InChI is InChI=1S/C24H42N6O.HI/c1-6-25-24(27-18-20(3)19-30-15-13-29(7-2)14-16-30)26-12-11-21-9-8-10-22(17-21)23(31)28(4)5;/h8-10,17,20H,6-7,11-16,18-19H2,1-5H3,(H2,25,26,27);1H. The molecule has 1 saturated heterocycles. The Morgan fingerprint density at radius 1 is 1.12 bits per heavy atom. The average Bonchev–Trinajstić information content (AvgIpc) is 2.77. The molecule has 1 aromatic carbocycles. The first kappa shape index (κ1) is 28.6. The number of likely N-dealkylation sites (N-methyl/N-ethyl adjacent to an activating group) is 1. The molecular formula is C24H43IN6O. The predicted octanol–water partition coefficient (Wildman–Crippen LogP) is 2.38. The SMILES string of the molecule is CCNC(=NCC(C)CN1CCN(CC)CC1)NCCc1cccc(C(=O)N(C)C)c1.I. The lowest BCUT2D eigenvalue weighted by Crippen LogP contribution is -2.47. The lowest BCUT2D eigenvalue weighted by molar-refractivity contribution is 0.0827. The molecule has 0 aromatic heterocycles. The first-order valence-corrected chi connectivity index (χ1v) is 11.7. The second-order valence-electron chi connectivity index (χ2n) is 8.64. The molecule has 2 rings (SSSR count). The Bertz CT molecular complexity index is 703. The Hall–Kier alpha value is -1.39. The summed E-state index contributed by atoms with van der Waals surface area (Å²) < 4.78 is 0. The molecule has 7 nitrogen and oxygen atoms in total. The number of nitrogens with zero attached hydrogens (tertiary/aromatic N) is 4. The number of hydrogen-bond acceptors (Lipinski definition) is 4. The number of halogens is 1. The Labute approximate surface area is 212 Å². The van der Waals surface area contributed by atoms with Crippen LogP contribution in [0.15, 0.2) is 29.3 Å². The van der Waals surface area contributed by atoms with Gasteiger partial charge < -0.3 is 25.3 Å². The second-order valence-corrected chi connectivity index (χ2v) is 8.64. The maximum atomic E-state index is 12.2. The summed E-state index contributed by atoms with van der Waals surface area (Å²) in [5, 5.41) is 6.78. The molecule has 0 spiro atoms. The summed E-state index contributed by atoms with van der Waals surface area (Å²) in [6.45, 7) is 16.0. The average molecular weight is 559 g/mol. The molecule has 0 bridgehead atoms. The van der Waals surface area contributed by atoms with E-state index >= 15 is 0 Å². The molecule has 1 aliphatic heterocycles. The van der Waals surface area contributed by atoms with Crippen LogP contribution in [0.2, 0.25) is 0 Å². The summed E-state index contributed by atoms with van der Waals surface area (Å²) in [5.74, 6) is 1.43. The molecule has 182 valence electrons. The van der Waals surface area contributed by atoms with Crippen molar-refractivity contribution in [2.45, 2.75) is 27.2 Å². The van der Waals surface area contributed by atoms with E-state index in [0.717, 1.165) is 69.3 Å². The van der Waals surface area contributed by atoms with Crippen LogP contribution in [0.1, 0.15) is 36.7 Å². The van der Waals surface area contributed by atoms with Crippen LogP contribution in [0.4, 0.5) is 0 Å². The maximum absolute atomic E-state index is 12.2. The van der Waals surface area contributed by atoms with Gasteiger partial charge in [-0.3, -0.25) is 9.79 Å². The van der Waals surface area contributed by atoms with Gasteiger partial charge in [0.05, 0.1) is 0 Å². The van der Waals surface area contributed by atoms with E-state index in [-0.39, 0.29) is 29.9 Å². The van der Waals surface area contributed by atoms with Crippen molar-refractivity contribution in [1.82, 2.24) is 25.3 Å². The number of guanidine groups is 1. The van der Waals surface area contributed by atoms with Crippen molar-refractivity contribution in [3.05, 3.63) is 35.4 Å². The molecule has 0 radical (unpaired) electrons. The zero-order valence-electron chi connectivity index (χ0n) is 20.6. The van der Waals surface area contributed by atoms with Crippen molar-refractivity contribution < 1.29 is 4.79 Å². The van der Waals surface area contributed by atoms with Gasteiger partial charge in [-0.2, -0.15) is 0 Å². The fourth-order valence-corrected chi connectivity index (χ4v) is 3.82. The Balaban J connectivity index is 0.00000512. The monoisotopic (exact) mass is 558 g/mol. The quantitative estimate of drug-likeness (QED) is 0.263. The molecule has 8 heteroatoms. The van der Waals surface area contributed by atoms with E-state index < -0.39 is 0 Å². The maximum Gasteiger partial charge on any atom is 0.253 e. The summed E-state index contributed by atoms with van der Waals surface area (Å²) in [6, 6.07) is 7.87. The largest absolute Gasteiger partial charge is 0.357 e. The zero-order valence-corrected chi connectivity index (χ0v) is 22.9. The van der Waals surface area contributed by atoms with Gasteiger partial charge in [-0.25, -0.2) is 0 Å². The van der Waals surface area contributed by atoms with E-state index in [2.05, 4.69) is 47.3 Å². The van der Waals surface area contributed by atoms with E-state index in [9.17, 15) is 4.79 Å². The van der Waals surface area contributed by atoms with Gasteiger partial charge in [0.1, 0.15) is 0 Å². The third-order valence-electron chi connectivity index (χ3n) is 5.67. The van der Waals surface area contributed by atoms with Crippen molar-refractivity contribution in [1.29, 1.82) is 0 Å². The van der Waals surface area contributed by atoms with Crippen LogP contribution in [0.5, 0.6) is 0 Å². The van der Waals surface area contributed by atoms with Crippen molar-refractivity contribution in [3.8, 4) is 0 Å². The van der Waals surface area contributed by atoms with Crippen molar-refractivity contribution in [2.75, 3.05) is 73.0 Å². The number of carbonyl (C=O) groups excluding carboxylic acids is 1. The first-order valence-electron chi connectivity index (χ1n) is 11.7. The number of hydrogen-bond donors (Lipinski definition) is 2. The van der Waals surface area contributed by atoms with Gasteiger partial charge in [0.2, 0.25) is 0 Å². The molecule has 1 amide bonds. The summed E-state index contributed by atoms with van der Waals surface area (Å²) in [5.41, 5.74) is 1.88. The van der Waals surface area contributed by atoms with E-state index in [0.29, 0.717) is 5.92 Å². The molecule has 0 saturated carbocycles. The van der Waals surface area contributed by atoms with Crippen LogP contribution in [-0.4, -0.2) is 99.6 Å². The van der Waals surface area contributed by atoms with Crippen LogP contribution in [0.25, 0.3) is 0 Å². The van der Waals surface area contributed by atoms with Gasteiger partial charge in [-0.1, -0.05) is 26.0 Å². The highest BCUT2D eigenvalue weighted by Crippen LogP contribution is 2.08. The van der Waals surface area contributed by atoms with Crippen molar-refractivity contribution in [3.63, 3.8) is 0 Å². The number of benzene rings is 1. The summed E-state index contributed by atoms with van der Waals surface area (Å²) in [6.07, 6.45) is 0.843. The molecular weight excluding hydrogens is 515 g/mol. The molecule has 1 fully saturated rings. The van der Waals surface area contributed by atoms with E-state index in [1.165, 1.54) is 13.1 Å². The van der Waals surface area contributed by atoms with Crippen molar-refractivity contribution >= 4 is 35.8 Å². The topological polar surface area (TPSA) is 63.2 Å². The summed E-state index contributed by atoms with van der Waals surface area (Å²) in [7, 11) is 3.56. The molecule has 1 atom stereocenters. The number of piperazine rings is 1. The van der Waals surface area contributed by atoms with E-state index in [1.807, 2.05) is 18.2 Å². The number of aliphatic imine (C=N–C) groups is 1.